The minimum Gasteiger partial charge on any atom is -0.475 e. The standard InChI is InChI=1S/C11H10O3/c1-11-6-9(13-10(11)12)7-4-2-3-5-8(7)14-11/h2-5,9H,6H2,1H3. The maximum absolute atomic E-state index is 11.5. The predicted molar refractivity (Wildman–Crippen MR) is 48.9 cm³/mol. The van der Waals surface area contributed by atoms with E-state index in [1.165, 1.54) is 0 Å². The molecule has 72 valence electrons. The summed E-state index contributed by atoms with van der Waals surface area (Å²) in [6, 6.07) is 7.65. The van der Waals surface area contributed by atoms with Crippen LogP contribution in [0.1, 0.15) is 25.0 Å². The highest BCUT2D eigenvalue weighted by Gasteiger charge is 2.52. The van der Waals surface area contributed by atoms with Gasteiger partial charge in [0.05, 0.1) is 0 Å². The van der Waals surface area contributed by atoms with Crippen molar-refractivity contribution in [3.63, 3.8) is 0 Å². The van der Waals surface area contributed by atoms with Crippen LogP contribution in [0.4, 0.5) is 0 Å². The van der Waals surface area contributed by atoms with Crippen LogP contribution in [0.2, 0.25) is 0 Å². The van der Waals surface area contributed by atoms with Crippen molar-refractivity contribution in [2.24, 2.45) is 0 Å². The highest BCUT2D eigenvalue weighted by molar-refractivity contribution is 5.83. The van der Waals surface area contributed by atoms with E-state index in [2.05, 4.69) is 0 Å². The molecular formula is C11H10O3. The zero-order chi connectivity index (χ0) is 9.76. The molecule has 0 spiro atoms. The Morgan fingerprint density at radius 2 is 2.21 bits per heavy atom. The lowest BCUT2D eigenvalue weighted by atomic mass is 9.94. The van der Waals surface area contributed by atoms with Crippen LogP contribution in [0.25, 0.3) is 0 Å². The Morgan fingerprint density at radius 1 is 1.43 bits per heavy atom. The fraction of sp³-hybridized carbons (Fsp3) is 0.364. The van der Waals surface area contributed by atoms with Crippen LogP contribution in [-0.2, 0) is 9.53 Å². The van der Waals surface area contributed by atoms with Gasteiger partial charge in [0.15, 0.2) is 0 Å². The Bertz CT molecular complexity index is 413. The van der Waals surface area contributed by atoms with E-state index in [1.54, 1.807) is 6.92 Å². The Hall–Kier alpha value is -1.51. The summed E-state index contributed by atoms with van der Waals surface area (Å²) in [6.45, 7) is 1.78. The SMILES string of the molecule is CC12CC(OC1=O)c1ccccc1O2. The number of rotatable bonds is 0. The number of fused-ring (bicyclic) bond motifs is 4. The molecule has 2 aliphatic heterocycles. The van der Waals surface area contributed by atoms with Crippen molar-refractivity contribution in [2.75, 3.05) is 0 Å². The minimum absolute atomic E-state index is 0.113. The monoisotopic (exact) mass is 190 g/mol. The summed E-state index contributed by atoms with van der Waals surface area (Å²) in [4.78, 5) is 11.5. The third kappa shape index (κ3) is 0.842. The van der Waals surface area contributed by atoms with Gasteiger partial charge in [-0.15, -0.1) is 0 Å². The van der Waals surface area contributed by atoms with E-state index in [0.717, 1.165) is 11.3 Å². The molecule has 2 heterocycles. The molecule has 0 aliphatic carbocycles. The number of carbonyl (C=O) groups excluding carboxylic acids is 1. The molecule has 1 aromatic carbocycles. The largest absolute Gasteiger partial charge is 0.475 e. The lowest BCUT2D eigenvalue weighted by Gasteiger charge is -2.27. The number of hydrogen-bond acceptors (Lipinski definition) is 3. The Balaban J connectivity index is 2.16. The second kappa shape index (κ2) is 2.29. The number of carbonyl (C=O) groups is 1. The average Bonchev–Trinajstić information content (AvgIpc) is 2.39. The highest BCUT2D eigenvalue weighted by Crippen LogP contribution is 2.47. The number of benzene rings is 1. The number of hydrogen-bond donors (Lipinski definition) is 0. The van der Waals surface area contributed by atoms with Crippen molar-refractivity contribution in [2.45, 2.75) is 25.0 Å². The van der Waals surface area contributed by atoms with E-state index in [0.29, 0.717) is 6.42 Å². The molecular weight excluding hydrogens is 180 g/mol. The van der Waals surface area contributed by atoms with Gasteiger partial charge in [0.25, 0.3) is 0 Å². The molecule has 14 heavy (non-hydrogen) atoms. The molecule has 0 amide bonds. The minimum atomic E-state index is -0.765. The van der Waals surface area contributed by atoms with Crippen molar-refractivity contribution in [3.05, 3.63) is 29.8 Å². The maximum Gasteiger partial charge on any atom is 0.350 e. The number of ether oxygens (including phenoxy) is 2. The van der Waals surface area contributed by atoms with E-state index in [9.17, 15) is 4.79 Å². The quantitative estimate of drug-likeness (QED) is 0.585. The molecule has 3 rings (SSSR count). The van der Waals surface area contributed by atoms with E-state index in [-0.39, 0.29) is 12.1 Å². The Morgan fingerprint density at radius 3 is 3.07 bits per heavy atom. The fourth-order valence-corrected chi connectivity index (χ4v) is 2.07. The second-order valence-electron chi connectivity index (χ2n) is 3.97. The summed E-state index contributed by atoms with van der Waals surface area (Å²) in [7, 11) is 0. The van der Waals surface area contributed by atoms with E-state index in [1.807, 2.05) is 24.3 Å². The summed E-state index contributed by atoms with van der Waals surface area (Å²) in [5, 5.41) is 0. The van der Waals surface area contributed by atoms with Gasteiger partial charge >= 0.3 is 5.97 Å². The first-order chi connectivity index (χ1) is 6.69. The summed E-state index contributed by atoms with van der Waals surface area (Å²) in [6.07, 6.45) is 0.514. The smallest absolute Gasteiger partial charge is 0.350 e. The fourth-order valence-electron chi connectivity index (χ4n) is 2.07. The first-order valence-electron chi connectivity index (χ1n) is 4.68. The summed E-state index contributed by atoms with van der Waals surface area (Å²) >= 11 is 0. The Kier molecular flexibility index (Phi) is 1.29. The van der Waals surface area contributed by atoms with Crippen LogP contribution in [0.3, 0.4) is 0 Å². The molecule has 0 N–H and O–H groups in total. The van der Waals surface area contributed by atoms with Gasteiger partial charge in [-0.25, -0.2) is 4.79 Å². The van der Waals surface area contributed by atoms with E-state index >= 15 is 0 Å². The molecule has 2 atom stereocenters. The van der Waals surface area contributed by atoms with Crippen LogP contribution in [0, 0.1) is 0 Å². The summed E-state index contributed by atoms with van der Waals surface area (Å²) < 4.78 is 10.9. The lowest BCUT2D eigenvalue weighted by molar-refractivity contribution is -0.150. The molecule has 2 unspecified atom stereocenters. The predicted octanol–water partition coefficient (Wildman–Crippen LogP) is 1.83. The Labute approximate surface area is 81.6 Å². The normalized spacial score (nSPS) is 33.2. The molecule has 2 bridgehead atoms. The van der Waals surface area contributed by atoms with Gasteiger partial charge in [-0.3, -0.25) is 0 Å². The van der Waals surface area contributed by atoms with Crippen molar-refractivity contribution in [1.29, 1.82) is 0 Å². The molecule has 2 aliphatic rings. The van der Waals surface area contributed by atoms with Crippen LogP contribution < -0.4 is 4.74 Å². The van der Waals surface area contributed by atoms with Gasteiger partial charge in [0.1, 0.15) is 11.9 Å². The number of esters is 1. The molecule has 1 saturated heterocycles. The molecule has 3 heteroatoms. The number of para-hydroxylation sites is 1. The lowest BCUT2D eigenvalue weighted by Crippen LogP contribution is -2.38. The molecule has 3 nitrogen and oxygen atoms in total. The van der Waals surface area contributed by atoms with Gasteiger partial charge in [0, 0.05) is 12.0 Å². The van der Waals surface area contributed by atoms with E-state index < -0.39 is 5.60 Å². The third-order valence-electron chi connectivity index (χ3n) is 2.86. The van der Waals surface area contributed by atoms with Gasteiger partial charge in [-0.1, -0.05) is 18.2 Å². The molecule has 0 aromatic heterocycles. The molecule has 0 radical (unpaired) electrons. The van der Waals surface area contributed by atoms with Crippen LogP contribution >= 0.6 is 0 Å². The first-order valence-corrected chi connectivity index (χ1v) is 4.68. The van der Waals surface area contributed by atoms with Crippen molar-refractivity contribution >= 4 is 5.97 Å². The molecule has 1 aromatic rings. The molecule has 0 saturated carbocycles. The van der Waals surface area contributed by atoms with Crippen LogP contribution in [0.5, 0.6) is 5.75 Å². The van der Waals surface area contributed by atoms with E-state index in [4.69, 9.17) is 9.47 Å². The van der Waals surface area contributed by atoms with Gasteiger partial charge in [-0.05, 0) is 13.0 Å². The summed E-state index contributed by atoms with van der Waals surface area (Å²) in [5.41, 5.74) is 0.217. The zero-order valence-corrected chi connectivity index (χ0v) is 7.82. The highest BCUT2D eigenvalue weighted by atomic mass is 16.6. The van der Waals surface area contributed by atoms with Gasteiger partial charge < -0.3 is 9.47 Å². The zero-order valence-electron chi connectivity index (χ0n) is 7.82. The van der Waals surface area contributed by atoms with Crippen molar-refractivity contribution in [1.82, 2.24) is 0 Å². The topological polar surface area (TPSA) is 35.5 Å². The average molecular weight is 190 g/mol. The van der Waals surface area contributed by atoms with Gasteiger partial charge in [-0.2, -0.15) is 0 Å². The summed E-state index contributed by atoms with van der Waals surface area (Å²) in [5.74, 6) is 0.524. The molecule has 1 fully saturated rings. The van der Waals surface area contributed by atoms with Gasteiger partial charge in [0.2, 0.25) is 5.60 Å². The maximum atomic E-state index is 11.5. The second-order valence-corrected chi connectivity index (χ2v) is 3.97. The van der Waals surface area contributed by atoms with Crippen molar-refractivity contribution in [3.8, 4) is 5.75 Å². The van der Waals surface area contributed by atoms with Crippen LogP contribution in [0.15, 0.2) is 24.3 Å². The van der Waals surface area contributed by atoms with Crippen molar-refractivity contribution < 1.29 is 14.3 Å². The van der Waals surface area contributed by atoms with Crippen LogP contribution in [-0.4, -0.2) is 11.6 Å². The third-order valence-corrected chi connectivity index (χ3v) is 2.86. The first kappa shape index (κ1) is 7.85.